The summed E-state index contributed by atoms with van der Waals surface area (Å²) in [6.45, 7) is 0. The molecule has 2 aromatic rings. The number of benzene rings is 2. The Morgan fingerprint density at radius 3 is 2.33 bits per heavy atom. The van der Waals surface area contributed by atoms with Gasteiger partial charge in [-0.3, -0.25) is 0 Å². The van der Waals surface area contributed by atoms with Crippen molar-refractivity contribution in [1.82, 2.24) is 0 Å². The molecule has 2 nitrogen and oxygen atoms in total. The first-order valence-electron chi connectivity index (χ1n) is 5.97. The van der Waals surface area contributed by atoms with Crippen LogP contribution >= 0.6 is 0 Å². The van der Waals surface area contributed by atoms with Gasteiger partial charge in [-0.1, -0.05) is 36.4 Å². The summed E-state index contributed by atoms with van der Waals surface area (Å²) in [5.74, 6) is 0.592. The first-order valence-corrected chi connectivity index (χ1v) is 5.97. The lowest BCUT2D eigenvalue weighted by molar-refractivity contribution is 0.474. The lowest BCUT2D eigenvalue weighted by atomic mass is 10.1. The molecule has 92 valence electrons. The van der Waals surface area contributed by atoms with E-state index in [1.807, 2.05) is 30.3 Å². The average molecular weight is 240 g/mol. The van der Waals surface area contributed by atoms with Crippen LogP contribution in [0.4, 0.5) is 0 Å². The molecule has 0 saturated carbocycles. The summed E-state index contributed by atoms with van der Waals surface area (Å²) < 4.78 is 0. The van der Waals surface area contributed by atoms with Crippen LogP contribution in [0.1, 0.15) is 17.5 Å². The highest BCUT2D eigenvalue weighted by molar-refractivity contribution is 5.51. The van der Waals surface area contributed by atoms with E-state index >= 15 is 0 Å². The zero-order valence-electron chi connectivity index (χ0n) is 10.1. The largest absolute Gasteiger partial charge is 0.508 e. The Kier molecular flexibility index (Phi) is 4.02. The monoisotopic (exact) mass is 240 g/mol. The van der Waals surface area contributed by atoms with Gasteiger partial charge < -0.3 is 10.2 Å². The minimum absolute atomic E-state index is 0.283. The molecule has 2 aromatic carbocycles. The van der Waals surface area contributed by atoms with E-state index in [4.69, 9.17) is 0 Å². The van der Waals surface area contributed by atoms with Crippen LogP contribution in [0.25, 0.3) is 6.08 Å². The molecule has 0 aromatic heterocycles. The van der Waals surface area contributed by atoms with E-state index in [1.165, 1.54) is 0 Å². The first kappa shape index (κ1) is 12.2. The number of rotatable bonds is 4. The van der Waals surface area contributed by atoms with Crippen LogP contribution in [0.5, 0.6) is 11.5 Å². The fraction of sp³-hybridized carbons (Fsp3) is 0.125. The highest BCUT2D eigenvalue weighted by atomic mass is 16.3. The van der Waals surface area contributed by atoms with Gasteiger partial charge in [-0.25, -0.2) is 0 Å². The highest BCUT2D eigenvalue weighted by Gasteiger charge is 1.93. The average Bonchev–Trinajstić information content (AvgIpc) is 2.35. The molecular formula is C16H16O2. The van der Waals surface area contributed by atoms with Crippen LogP contribution in [0.3, 0.4) is 0 Å². The van der Waals surface area contributed by atoms with Gasteiger partial charge in [-0.05, 0) is 48.2 Å². The van der Waals surface area contributed by atoms with Gasteiger partial charge in [0.25, 0.3) is 0 Å². The molecule has 0 heterocycles. The van der Waals surface area contributed by atoms with E-state index in [9.17, 15) is 10.2 Å². The van der Waals surface area contributed by atoms with Crippen molar-refractivity contribution in [2.45, 2.75) is 12.8 Å². The molecule has 0 unspecified atom stereocenters. The minimum atomic E-state index is 0.283. The Morgan fingerprint density at radius 1 is 0.889 bits per heavy atom. The molecular weight excluding hydrogens is 224 g/mol. The number of phenols is 2. The Morgan fingerprint density at radius 2 is 1.61 bits per heavy atom. The zero-order chi connectivity index (χ0) is 12.8. The maximum absolute atomic E-state index is 9.33. The fourth-order valence-electron chi connectivity index (χ4n) is 1.81. The highest BCUT2D eigenvalue weighted by Crippen LogP contribution is 2.14. The Bertz CT molecular complexity index is 544. The summed E-state index contributed by atoms with van der Waals surface area (Å²) in [6.07, 6.45) is 5.85. The number of phenolic OH excluding ortho intramolecular Hbond substituents is 2. The van der Waals surface area contributed by atoms with Crippen molar-refractivity contribution in [2.24, 2.45) is 0 Å². The van der Waals surface area contributed by atoms with E-state index in [1.54, 1.807) is 24.3 Å². The second kappa shape index (κ2) is 5.92. The number of hydrogen-bond acceptors (Lipinski definition) is 2. The van der Waals surface area contributed by atoms with Gasteiger partial charge in [-0.15, -0.1) is 0 Å². The SMILES string of the molecule is Oc1cccc(/C=C/CCc2cccc(O)c2)c1. The maximum atomic E-state index is 9.33. The zero-order valence-corrected chi connectivity index (χ0v) is 10.1. The van der Waals surface area contributed by atoms with Gasteiger partial charge in [0.15, 0.2) is 0 Å². The quantitative estimate of drug-likeness (QED) is 0.854. The predicted molar refractivity (Wildman–Crippen MR) is 73.6 cm³/mol. The van der Waals surface area contributed by atoms with Gasteiger partial charge in [0.2, 0.25) is 0 Å². The number of aryl methyl sites for hydroxylation is 1. The van der Waals surface area contributed by atoms with Crippen molar-refractivity contribution >= 4 is 6.08 Å². The molecule has 0 aliphatic rings. The van der Waals surface area contributed by atoms with E-state index in [0.29, 0.717) is 5.75 Å². The van der Waals surface area contributed by atoms with Gasteiger partial charge in [0.1, 0.15) is 11.5 Å². The number of allylic oxidation sites excluding steroid dienone is 1. The van der Waals surface area contributed by atoms with Crippen LogP contribution in [0, 0.1) is 0 Å². The molecule has 0 aliphatic carbocycles. The summed E-state index contributed by atoms with van der Waals surface area (Å²) in [7, 11) is 0. The third-order valence-electron chi connectivity index (χ3n) is 2.69. The Labute approximate surface area is 107 Å². The lowest BCUT2D eigenvalue weighted by Crippen LogP contribution is -1.82. The van der Waals surface area contributed by atoms with Crippen molar-refractivity contribution in [3.8, 4) is 11.5 Å². The van der Waals surface area contributed by atoms with Crippen LogP contribution < -0.4 is 0 Å². The maximum Gasteiger partial charge on any atom is 0.116 e. The molecule has 2 rings (SSSR count). The molecule has 0 bridgehead atoms. The van der Waals surface area contributed by atoms with Crippen LogP contribution in [0.2, 0.25) is 0 Å². The van der Waals surface area contributed by atoms with Crippen LogP contribution in [-0.2, 0) is 6.42 Å². The van der Waals surface area contributed by atoms with Crippen LogP contribution in [-0.4, -0.2) is 10.2 Å². The van der Waals surface area contributed by atoms with Gasteiger partial charge in [0.05, 0.1) is 0 Å². The molecule has 0 atom stereocenters. The van der Waals surface area contributed by atoms with Crippen molar-refractivity contribution in [1.29, 1.82) is 0 Å². The Balaban J connectivity index is 1.89. The predicted octanol–water partition coefficient (Wildman–Crippen LogP) is 3.74. The van der Waals surface area contributed by atoms with E-state index < -0.39 is 0 Å². The summed E-state index contributed by atoms with van der Waals surface area (Å²) in [5.41, 5.74) is 2.11. The molecule has 0 amide bonds. The van der Waals surface area contributed by atoms with Crippen molar-refractivity contribution in [3.05, 3.63) is 65.7 Å². The molecule has 2 N–H and O–H groups in total. The molecule has 0 fully saturated rings. The summed E-state index contributed by atoms with van der Waals surface area (Å²) in [4.78, 5) is 0. The molecule has 0 aliphatic heterocycles. The standard InChI is InChI=1S/C16H16O2/c17-15-9-3-7-13(11-15)5-1-2-6-14-8-4-10-16(18)12-14/h1,3-5,7-12,17-18H,2,6H2/b5-1+. The second-order valence-electron chi connectivity index (χ2n) is 4.21. The molecule has 2 heteroatoms. The Hall–Kier alpha value is -2.22. The van der Waals surface area contributed by atoms with Gasteiger partial charge >= 0.3 is 0 Å². The van der Waals surface area contributed by atoms with Crippen molar-refractivity contribution in [3.63, 3.8) is 0 Å². The molecule has 18 heavy (non-hydrogen) atoms. The molecule has 0 radical (unpaired) electrons. The third kappa shape index (κ3) is 3.67. The van der Waals surface area contributed by atoms with E-state index in [0.717, 1.165) is 24.0 Å². The van der Waals surface area contributed by atoms with Crippen molar-refractivity contribution < 1.29 is 10.2 Å². The summed E-state index contributed by atoms with van der Waals surface area (Å²) >= 11 is 0. The number of hydrogen-bond donors (Lipinski definition) is 2. The molecule has 0 saturated heterocycles. The number of aromatic hydroxyl groups is 2. The summed E-state index contributed by atoms with van der Waals surface area (Å²) in [5, 5.41) is 18.6. The fourth-order valence-corrected chi connectivity index (χ4v) is 1.81. The smallest absolute Gasteiger partial charge is 0.116 e. The molecule has 0 spiro atoms. The van der Waals surface area contributed by atoms with E-state index in [2.05, 4.69) is 6.08 Å². The minimum Gasteiger partial charge on any atom is -0.508 e. The van der Waals surface area contributed by atoms with Gasteiger partial charge in [-0.2, -0.15) is 0 Å². The lowest BCUT2D eigenvalue weighted by Gasteiger charge is -1.99. The first-order chi connectivity index (χ1) is 8.74. The normalized spacial score (nSPS) is 10.9. The second-order valence-corrected chi connectivity index (χ2v) is 4.21. The summed E-state index contributed by atoms with van der Waals surface area (Å²) in [6, 6.07) is 14.5. The van der Waals surface area contributed by atoms with Crippen molar-refractivity contribution in [2.75, 3.05) is 0 Å². The van der Waals surface area contributed by atoms with Crippen LogP contribution in [0.15, 0.2) is 54.6 Å². The topological polar surface area (TPSA) is 40.5 Å². The van der Waals surface area contributed by atoms with Gasteiger partial charge in [0, 0.05) is 0 Å². The third-order valence-corrected chi connectivity index (χ3v) is 2.69. The van der Waals surface area contributed by atoms with E-state index in [-0.39, 0.29) is 5.75 Å².